The zero-order chi connectivity index (χ0) is 28.0. The minimum Gasteiger partial charge on any atom is -0.512 e. The van der Waals surface area contributed by atoms with Gasteiger partial charge in [-0.3, -0.25) is 0 Å². The van der Waals surface area contributed by atoms with E-state index in [0.717, 1.165) is 51.3 Å². The molecular weight excluding hydrogens is 480 g/mol. The Morgan fingerprint density at radius 2 is 1.56 bits per heavy atom. The third-order valence-corrected chi connectivity index (χ3v) is 8.02. The number of methoxy groups -OCH3 is 1. The summed E-state index contributed by atoms with van der Waals surface area (Å²) in [7, 11) is 1.73. The fraction of sp³-hybridized carbons (Fsp3) is 0.314. The van der Waals surface area contributed by atoms with Crippen molar-refractivity contribution < 1.29 is 14.4 Å². The maximum atomic E-state index is 11.1. The Bertz CT molecular complexity index is 1560. The third kappa shape index (κ3) is 4.79. The quantitative estimate of drug-likeness (QED) is 0.208. The lowest BCUT2D eigenvalue weighted by Crippen LogP contribution is -2.49. The molecule has 39 heavy (non-hydrogen) atoms. The molecule has 3 aromatic carbocycles. The van der Waals surface area contributed by atoms with Crippen molar-refractivity contribution >= 4 is 0 Å². The minimum absolute atomic E-state index is 0.0814. The van der Waals surface area contributed by atoms with Crippen LogP contribution in [0.1, 0.15) is 57.3 Å². The lowest BCUT2D eigenvalue weighted by molar-refractivity contribution is -0.717. The first-order valence-corrected chi connectivity index (χ1v) is 13.7. The number of benzene rings is 3. The van der Waals surface area contributed by atoms with Crippen molar-refractivity contribution in [2.75, 3.05) is 13.7 Å². The largest absolute Gasteiger partial charge is 0.512 e. The van der Waals surface area contributed by atoms with Gasteiger partial charge in [0, 0.05) is 24.7 Å². The van der Waals surface area contributed by atoms with E-state index in [4.69, 9.17) is 9.72 Å². The van der Waals surface area contributed by atoms with Crippen LogP contribution >= 0.6 is 0 Å². The molecular formula is C35H39N2O2+. The summed E-state index contributed by atoms with van der Waals surface area (Å²) >= 11 is 0. The molecule has 1 aliphatic heterocycles. The first kappa shape index (κ1) is 26.8. The van der Waals surface area contributed by atoms with Crippen LogP contribution in [0.25, 0.3) is 33.8 Å². The van der Waals surface area contributed by atoms with Gasteiger partial charge in [0.15, 0.2) is 12.2 Å². The Balaban J connectivity index is 1.96. The van der Waals surface area contributed by atoms with Gasteiger partial charge in [0.1, 0.15) is 17.3 Å². The van der Waals surface area contributed by atoms with Crippen LogP contribution in [0, 0.1) is 41.5 Å². The van der Waals surface area contributed by atoms with E-state index in [-0.39, 0.29) is 17.7 Å². The van der Waals surface area contributed by atoms with Crippen LogP contribution in [0.5, 0.6) is 0 Å². The minimum atomic E-state index is -0.256. The van der Waals surface area contributed by atoms with Gasteiger partial charge in [-0.2, -0.15) is 4.57 Å². The van der Waals surface area contributed by atoms with Gasteiger partial charge in [-0.15, -0.1) is 0 Å². The summed E-state index contributed by atoms with van der Waals surface area (Å²) in [6.07, 6.45) is 2.92. The molecule has 0 bridgehead atoms. The molecule has 0 fully saturated rings. The van der Waals surface area contributed by atoms with Crippen LogP contribution in [0.4, 0.5) is 0 Å². The predicted octanol–water partition coefficient (Wildman–Crippen LogP) is 7.97. The third-order valence-electron chi connectivity index (χ3n) is 8.02. The Morgan fingerprint density at radius 1 is 0.923 bits per heavy atom. The van der Waals surface area contributed by atoms with E-state index in [2.05, 4.69) is 107 Å². The van der Waals surface area contributed by atoms with E-state index in [9.17, 15) is 5.11 Å². The Morgan fingerprint density at radius 3 is 2.18 bits per heavy atom. The van der Waals surface area contributed by atoms with Crippen molar-refractivity contribution in [1.29, 1.82) is 0 Å². The topological polar surface area (TPSA) is 46.2 Å². The van der Waals surface area contributed by atoms with Gasteiger partial charge < -0.3 is 9.84 Å². The molecule has 2 unspecified atom stereocenters. The van der Waals surface area contributed by atoms with Gasteiger partial charge in [0.2, 0.25) is 5.69 Å². The summed E-state index contributed by atoms with van der Waals surface area (Å²) < 4.78 is 7.94. The van der Waals surface area contributed by atoms with Crippen LogP contribution in [0.3, 0.4) is 0 Å². The van der Waals surface area contributed by atoms with Gasteiger partial charge in [-0.05, 0) is 82.0 Å². The Hall–Kier alpha value is -3.76. The number of aliphatic hydroxyl groups is 1. The monoisotopic (exact) mass is 519 g/mol. The molecule has 4 nitrogen and oxygen atoms in total. The number of rotatable bonds is 6. The van der Waals surface area contributed by atoms with Crippen LogP contribution in [-0.4, -0.2) is 23.8 Å². The van der Waals surface area contributed by atoms with E-state index < -0.39 is 0 Å². The summed E-state index contributed by atoms with van der Waals surface area (Å²) in [6.45, 7) is 17.5. The summed E-state index contributed by atoms with van der Waals surface area (Å²) in [6, 6.07) is 17.4. The van der Waals surface area contributed by atoms with Gasteiger partial charge >= 0.3 is 0 Å². The highest BCUT2D eigenvalue weighted by Gasteiger charge is 2.45. The molecule has 0 aliphatic carbocycles. The molecule has 5 rings (SSSR count). The zero-order valence-corrected chi connectivity index (χ0v) is 24.2. The number of hydrogen-bond donors (Lipinski definition) is 1. The molecule has 200 valence electrons. The highest BCUT2D eigenvalue weighted by molar-refractivity contribution is 5.82. The molecule has 2 atom stereocenters. The number of fused-ring (bicyclic) bond motifs is 3. The summed E-state index contributed by atoms with van der Waals surface area (Å²) in [5, 5.41) is 11.1. The zero-order valence-electron chi connectivity index (χ0n) is 24.2. The van der Waals surface area contributed by atoms with Gasteiger partial charge in [0.05, 0.1) is 17.9 Å². The number of nitrogens with zero attached hydrogens (tertiary/aromatic N) is 2. The Kier molecular flexibility index (Phi) is 7.17. The maximum absolute atomic E-state index is 11.1. The lowest BCUT2D eigenvalue weighted by atomic mass is 9.77. The number of aryl methyl sites for hydroxylation is 6. The van der Waals surface area contributed by atoms with Crippen LogP contribution < -0.4 is 4.57 Å². The fourth-order valence-corrected chi connectivity index (χ4v) is 6.57. The average Bonchev–Trinajstić information content (AvgIpc) is 2.85. The Labute approximate surface area is 232 Å². The van der Waals surface area contributed by atoms with Gasteiger partial charge in [-0.1, -0.05) is 53.6 Å². The second kappa shape index (κ2) is 10.4. The molecule has 2 heterocycles. The van der Waals surface area contributed by atoms with Crippen molar-refractivity contribution in [3.05, 3.63) is 106 Å². The maximum Gasteiger partial charge on any atom is 0.239 e. The summed E-state index contributed by atoms with van der Waals surface area (Å²) in [5.41, 5.74) is 14.6. The van der Waals surface area contributed by atoms with E-state index >= 15 is 0 Å². The molecule has 0 amide bonds. The molecule has 4 aromatic rings. The number of allylic oxidation sites excluding steroid dienone is 1. The van der Waals surface area contributed by atoms with Crippen molar-refractivity contribution in [3.63, 3.8) is 0 Å². The van der Waals surface area contributed by atoms with Crippen LogP contribution in [0.2, 0.25) is 0 Å². The lowest BCUT2D eigenvalue weighted by Gasteiger charge is -2.32. The SMILES string of the molecule is C=C(O)C1c2c(C)cc(C)cc2-c2c(-c3cc(C)cc(C)c3)nc(-c3c(C)cccc3C)c[n+]2C1CCOC. The van der Waals surface area contributed by atoms with Crippen molar-refractivity contribution in [1.82, 2.24) is 4.98 Å². The van der Waals surface area contributed by atoms with Crippen LogP contribution in [0.15, 0.2) is 67.1 Å². The standard InChI is InChI=1S/C35H38N2O2/c1-20-14-21(2)17-27(16-20)34-35-28-18-22(3)15-25(6)32(28)33(26(7)38)30(12-13-39-8)37(35)19-29(36-34)31-23(4)10-9-11-24(31)5/h9-11,14-19,30,33H,7,12-13H2,1-6,8H3/p+1. The van der Waals surface area contributed by atoms with E-state index in [0.29, 0.717) is 6.61 Å². The molecule has 0 saturated heterocycles. The smallest absolute Gasteiger partial charge is 0.239 e. The predicted molar refractivity (Wildman–Crippen MR) is 159 cm³/mol. The molecule has 0 spiro atoms. The second-order valence-corrected chi connectivity index (χ2v) is 11.2. The molecule has 1 aromatic heterocycles. The van der Waals surface area contributed by atoms with Gasteiger partial charge in [-0.25, -0.2) is 4.98 Å². The summed E-state index contributed by atoms with van der Waals surface area (Å²) in [4.78, 5) is 5.44. The first-order valence-electron chi connectivity index (χ1n) is 13.7. The first-order chi connectivity index (χ1) is 18.6. The number of hydrogen-bond acceptors (Lipinski definition) is 3. The molecule has 1 N–H and O–H groups in total. The molecule has 0 radical (unpaired) electrons. The molecule has 0 saturated carbocycles. The van der Waals surface area contributed by atoms with E-state index in [1.54, 1.807) is 7.11 Å². The molecule has 1 aliphatic rings. The summed E-state index contributed by atoms with van der Waals surface area (Å²) in [5.74, 6) is -0.0746. The highest BCUT2D eigenvalue weighted by atomic mass is 16.5. The number of aliphatic hydroxyl groups excluding tert-OH is 1. The van der Waals surface area contributed by atoms with E-state index in [1.165, 1.54) is 27.8 Å². The van der Waals surface area contributed by atoms with Crippen molar-refractivity contribution in [3.8, 4) is 33.8 Å². The average molecular weight is 520 g/mol. The van der Waals surface area contributed by atoms with Crippen molar-refractivity contribution in [2.45, 2.75) is 59.9 Å². The normalized spacial score (nSPS) is 16.1. The highest BCUT2D eigenvalue weighted by Crippen LogP contribution is 2.47. The molecule has 4 heteroatoms. The second-order valence-electron chi connectivity index (χ2n) is 11.2. The van der Waals surface area contributed by atoms with E-state index in [1.807, 2.05) is 0 Å². The van der Waals surface area contributed by atoms with Crippen molar-refractivity contribution in [2.24, 2.45) is 0 Å². The fourth-order valence-electron chi connectivity index (χ4n) is 6.57. The number of aromatic nitrogens is 2. The van der Waals surface area contributed by atoms with Crippen LogP contribution in [-0.2, 0) is 4.74 Å². The van der Waals surface area contributed by atoms with Gasteiger partial charge in [0.25, 0.3) is 0 Å². The number of ether oxygens (including phenoxy) is 1.